The number of hydrogen-bond acceptors (Lipinski definition) is 4. The van der Waals surface area contributed by atoms with Crippen molar-refractivity contribution >= 4 is 16.8 Å². The van der Waals surface area contributed by atoms with Crippen LogP contribution < -0.4 is 5.56 Å². The van der Waals surface area contributed by atoms with Crippen LogP contribution in [-0.4, -0.2) is 43.5 Å². The van der Waals surface area contributed by atoms with E-state index >= 15 is 0 Å². The third-order valence-corrected chi connectivity index (χ3v) is 5.03. The van der Waals surface area contributed by atoms with Crippen molar-refractivity contribution in [3.8, 4) is 0 Å². The number of nitrogens with zero attached hydrogens (tertiary/aromatic N) is 5. The first kappa shape index (κ1) is 16.5. The molecule has 1 fully saturated rings. The van der Waals surface area contributed by atoms with Gasteiger partial charge in [0.05, 0.1) is 11.9 Å². The highest BCUT2D eigenvalue weighted by molar-refractivity contribution is 5.77. The third kappa shape index (κ3) is 3.24. The molecule has 1 aliphatic rings. The van der Waals surface area contributed by atoms with E-state index < -0.39 is 0 Å². The fourth-order valence-electron chi connectivity index (χ4n) is 3.53. The Hall–Kier alpha value is -2.96. The van der Waals surface area contributed by atoms with E-state index in [0.717, 1.165) is 25.9 Å². The quantitative estimate of drug-likeness (QED) is 0.719. The minimum atomic E-state index is -0.199. The number of benzene rings is 1. The zero-order valence-corrected chi connectivity index (χ0v) is 14.5. The van der Waals surface area contributed by atoms with Crippen molar-refractivity contribution in [2.45, 2.75) is 31.8 Å². The average Bonchev–Trinajstić information content (AvgIpc) is 3.22. The van der Waals surface area contributed by atoms with Gasteiger partial charge in [-0.25, -0.2) is 4.68 Å². The summed E-state index contributed by atoms with van der Waals surface area (Å²) in [4.78, 5) is 26.8. The molecule has 4 rings (SSSR count). The highest BCUT2D eigenvalue weighted by Crippen LogP contribution is 2.22. The van der Waals surface area contributed by atoms with Gasteiger partial charge in [0.2, 0.25) is 5.91 Å². The maximum Gasteiger partial charge on any atom is 0.277 e. The van der Waals surface area contributed by atoms with Crippen LogP contribution in [0.25, 0.3) is 10.9 Å². The average molecular weight is 351 g/mol. The van der Waals surface area contributed by atoms with Crippen LogP contribution in [0.5, 0.6) is 0 Å². The SMILES string of the molecule is O=C(CCn1nnc2ccccc2c1=O)N1CCC(n2cccc2)CC1. The van der Waals surface area contributed by atoms with E-state index in [1.165, 1.54) is 4.68 Å². The number of aryl methyl sites for hydroxylation is 1. The predicted molar refractivity (Wildman–Crippen MR) is 97.7 cm³/mol. The van der Waals surface area contributed by atoms with E-state index in [1.54, 1.807) is 18.2 Å². The Balaban J connectivity index is 1.36. The van der Waals surface area contributed by atoms with Crippen molar-refractivity contribution in [3.63, 3.8) is 0 Å². The summed E-state index contributed by atoms with van der Waals surface area (Å²) >= 11 is 0. The summed E-state index contributed by atoms with van der Waals surface area (Å²) < 4.78 is 3.50. The van der Waals surface area contributed by atoms with Crippen molar-refractivity contribution in [1.82, 2.24) is 24.5 Å². The number of carbonyl (C=O) groups is 1. The molecule has 1 amide bonds. The maximum atomic E-state index is 12.5. The van der Waals surface area contributed by atoms with Gasteiger partial charge in [0.15, 0.2) is 0 Å². The number of fused-ring (bicyclic) bond motifs is 1. The van der Waals surface area contributed by atoms with E-state index in [2.05, 4.69) is 27.3 Å². The van der Waals surface area contributed by atoms with Crippen molar-refractivity contribution in [1.29, 1.82) is 0 Å². The number of likely N-dealkylation sites (tertiary alicyclic amines) is 1. The molecule has 0 N–H and O–H groups in total. The molecule has 134 valence electrons. The zero-order valence-electron chi connectivity index (χ0n) is 14.5. The Kier molecular flexibility index (Phi) is 4.51. The first-order valence-electron chi connectivity index (χ1n) is 8.95. The summed E-state index contributed by atoms with van der Waals surface area (Å²) in [7, 11) is 0. The first-order valence-corrected chi connectivity index (χ1v) is 8.95. The second-order valence-electron chi connectivity index (χ2n) is 6.63. The predicted octanol–water partition coefficient (Wildman–Crippen LogP) is 1.85. The third-order valence-electron chi connectivity index (χ3n) is 5.03. The molecule has 0 atom stereocenters. The molecule has 1 aliphatic heterocycles. The summed E-state index contributed by atoms with van der Waals surface area (Å²) in [6.07, 6.45) is 6.33. The highest BCUT2D eigenvalue weighted by atomic mass is 16.2. The molecule has 1 aromatic carbocycles. The molecule has 0 bridgehead atoms. The van der Waals surface area contributed by atoms with Gasteiger partial charge < -0.3 is 9.47 Å². The normalized spacial score (nSPS) is 15.5. The largest absolute Gasteiger partial charge is 0.351 e. The molecule has 3 heterocycles. The van der Waals surface area contributed by atoms with Crippen molar-refractivity contribution in [2.24, 2.45) is 0 Å². The second kappa shape index (κ2) is 7.11. The van der Waals surface area contributed by atoms with Gasteiger partial charge in [0, 0.05) is 37.9 Å². The standard InChI is InChI=1S/C19H21N5O2/c25-18(23-12-7-15(8-13-23)22-10-3-4-11-22)9-14-24-19(26)16-5-1-2-6-17(16)20-21-24/h1-6,10-11,15H,7-9,12-14H2. The minimum absolute atomic E-state index is 0.0674. The van der Waals surface area contributed by atoms with Crippen LogP contribution in [0.4, 0.5) is 0 Å². The second-order valence-corrected chi connectivity index (χ2v) is 6.63. The van der Waals surface area contributed by atoms with E-state index in [4.69, 9.17) is 0 Å². The minimum Gasteiger partial charge on any atom is -0.351 e. The van der Waals surface area contributed by atoms with Crippen LogP contribution in [-0.2, 0) is 11.3 Å². The summed E-state index contributed by atoms with van der Waals surface area (Å²) in [6.45, 7) is 1.76. The van der Waals surface area contributed by atoms with Gasteiger partial charge >= 0.3 is 0 Å². The molecular formula is C19H21N5O2. The lowest BCUT2D eigenvalue weighted by molar-refractivity contribution is -0.132. The van der Waals surface area contributed by atoms with Crippen LogP contribution >= 0.6 is 0 Å². The van der Waals surface area contributed by atoms with Gasteiger partial charge in [-0.05, 0) is 37.1 Å². The van der Waals surface area contributed by atoms with Crippen LogP contribution in [0.2, 0.25) is 0 Å². The van der Waals surface area contributed by atoms with Crippen LogP contribution in [0.1, 0.15) is 25.3 Å². The van der Waals surface area contributed by atoms with Gasteiger partial charge in [0.1, 0.15) is 5.52 Å². The van der Waals surface area contributed by atoms with Gasteiger partial charge in [-0.3, -0.25) is 9.59 Å². The lowest BCUT2D eigenvalue weighted by atomic mass is 10.0. The zero-order chi connectivity index (χ0) is 17.9. The maximum absolute atomic E-state index is 12.5. The highest BCUT2D eigenvalue weighted by Gasteiger charge is 2.23. The molecule has 7 nitrogen and oxygen atoms in total. The Morgan fingerprint density at radius 1 is 1.08 bits per heavy atom. The number of aromatic nitrogens is 4. The molecular weight excluding hydrogens is 330 g/mol. The van der Waals surface area contributed by atoms with Gasteiger partial charge in [-0.1, -0.05) is 17.3 Å². The molecule has 3 aromatic rings. The molecule has 1 saturated heterocycles. The monoisotopic (exact) mass is 351 g/mol. The molecule has 7 heteroatoms. The fraction of sp³-hybridized carbons (Fsp3) is 0.368. The molecule has 0 saturated carbocycles. The summed E-state index contributed by atoms with van der Waals surface area (Å²) in [5, 5.41) is 8.54. The van der Waals surface area contributed by atoms with E-state index in [0.29, 0.717) is 16.9 Å². The number of amides is 1. The Bertz CT molecular complexity index is 955. The number of rotatable bonds is 4. The topological polar surface area (TPSA) is 73.0 Å². The lowest BCUT2D eigenvalue weighted by Crippen LogP contribution is -2.39. The summed E-state index contributed by atoms with van der Waals surface area (Å²) in [5.74, 6) is 0.0674. The summed E-state index contributed by atoms with van der Waals surface area (Å²) in [5.41, 5.74) is 0.377. The van der Waals surface area contributed by atoms with Gasteiger partial charge in [-0.2, -0.15) is 0 Å². The van der Waals surface area contributed by atoms with Crippen molar-refractivity contribution in [3.05, 3.63) is 59.1 Å². The smallest absolute Gasteiger partial charge is 0.277 e. The summed E-state index contributed by atoms with van der Waals surface area (Å²) in [6, 6.07) is 11.6. The van der Waals surface area contributed by atoms with Crippen molar-refractivity contribution in [2.75, 3.05) is 13.1 Å². The molecule has 2 aromatic heterocycles. The fourth-order valence-corrected chi connectivity index (χ4v) is 3.53. The molecule has 0 spiro atoms. The number of piperidine rings is 1. The van der Waals surface area contributed by atoms with Gasteiger partial charge in [-0.15, -0.1) is 5.10 Å². The Morgan fingerprint density at radius 3 is 2.58 bits per heavy atom. The van der Waals surface area contributed by atoms with Gasteiger partial charge in [0.25, 0.3) is 5.56 Å². The Labute approximate surface area is 150 Å². The lowest BCUT2D eigenvalue weighted by Gasteiger charge is -2.32. The Morgan fingerprint density at radius 2 is 1.81 bits per heavy atom. The molecule has 0 unspecified atom stereocenters. The van der Waals surface area contributed by atoms with Crippen molar-refractivity contribution < 1.29 is 4.79 Å². The molecule has 0 aliphatic carbocycles. The molecule has 26 heavy (non-hydrogen) atoms. The molecule has 0 radical (unpaired) electrons. The first-order chi connectivity index (χ1) is 12.7. The van der Waals surface area contributed by atoms with E-state index in [1.807, 2.05) is 23.1 Å². The van der Waals surface area contributed by atoms with Crippen LogP contribution in [0, 0.1) is 0 Å². The number of carbonyl (C=O) groups excluding carboxylic acids is 1. The van der Waals surface area contributed by atoms with E-state index in [-0.39, 0.29) is 24.4 Å². The van der Waals surface area contributed by atoms with E-state index in [9.17, 15) is 9.59 Å². The van der Waals surface area contributed by atoms with Crippen LogP contribution in [0.3, 0.4) is 0 Å². The number of hydrogen-bond donors (Lipinski definition) is 0. The van der Waals surface area contributed by atoms with Crippen LogP contribution in [0.15, 0.2) is 53.6 Å².